The maximum Gasteiger partial charge on any atom is 0.387 e. The standard InChI is InChI=1S/C11H16F2N2O/c1-8(14-15(2)3)9-6-4-5-7-10(9)16-11(12)13/h4-8,11,14H,1-3H3. The lowest BCUT2D eigenvalue weighted by molar-refractivity contribution is -0.0508. The van der Waals surface area contributed by atoms with E-state index in [9.17, 15) is 8.78 Å². The van der Waals surface area contributed by atoms with Gasteiger partial charge in [-0.15, -0.1) is 0 Å². The Morgan fingerprint density at radius 2 is 1.88 bits per heavy atom. The highest BCUT2D eigenvalue weighted by Crippen LogP contribution is 2.26. The Labute approximate surface area is 94.0 Å². The van der Waals surface area contributed by atoms with Crippen molar-refractivity contribution in [2.45, 2.75) is 19.6 Å². The van der Waals surface area contributed by atoms with Gasteiger partial charge in [0, 0.05) is 25.7 Å². The molecule has 0 aliphatic carbocycles. The van der Waals surface area contributed by atoms with Crippen molar-refractivity contribution in [1.29, 1.82) is 0 Å². The third kappa shape index (κ3) is 3.75. The molecule has 1 aromatic carbocycles. The minimum Gasteiger partial charge on any atom is -0.434 e. The molecule has 0 saturated carbocycles. The number of para-hydroxylation sites is 1. The van der Waals surface area contributed by atoms with E-state index < -0.39 is 6.61 Å². The van der Waals surface area contributed by atoms with Crippen LogP contribution in [0.2, 0.25) is 0 Å². The molecular formula is C11H16F2N2O. The van der Waals surface area contributed by atoms with Gasteiger partial charge < -0.3 is 4.74 Å². The van der Waals surface area contributed by atoms with Gasteiger partial charge in [-0.2, -0.15) is 8.78 Å². The molecule has 0 saturated heterocycles. The van der Waals surface area contributed by atoms with Crippen LogP contribution in [0.5, 0.6) is 5.75 Å². The molecule has 0 aliphatic rings. The molecule has 1 rings (SSSR count). The summed E-state index contributed by atoms with van der Waals surface area (Å²) in [4.78, 5) is 0. The third-order valence-corrected chi connectivity index (χ3v) is 2.05. The van der Waals surface area contributed by atoms with Crippen LogP contribution in [0.4, 0.5) is 8.78 Å². The van der Waals surface area contributed by atoms with Crippen LogP contribution in [-0.2, 0) is 0 Å². The molecular weight excluding hydrogens is 214 g/mol. The molecule has 0 spiro atoms. The van der Waals surface area contributed by atoms with E-state index in [0.29, 0.717) is 5.56 Å². The number of halogens is 2. The average Bonchev–Trinajstić information content (AvgIpc) is 2.16. The van der Waals surface area contributed by atoms with Crippen LogP contribution in [0.15, 0.2) is 24.3 Å². The Balaban J connectivity index is 2.85. The molecule has 0 radical (unpaired) electrons. The molecule has 0 amide bonds. The number of nitrogens with one attached hydrogen (secondary N) is 1. The van der Waals surface area contributed by atoms with Gasteiger partial charge in [-0.25, -0.2) is 5.43 Å². The Kier molecular flexibility index (Phi) is 4.64. The molecule has 5 heteroatoms. The lowest BCUT2D eigenvalue weighted by Crippen LogP contribution is -2.33. The molecule has 1 aromatic rings. The van der Waals surface area contributed by atoms with Gasteiger partial charge in [0.2, 0.25) is 0 Å². The second-order valence-electron chi connectivity index (χ2n) is 3.66. The smallest absolute Gasteiger partial charge is 0.387 e. The molecule has 0 heterocycles. The lowest BCUT2D eigenvalue weighted by Gasteiger charge is -2.21. The van der Waals surface area contributed by atoms with E-state index in [0.717, 1.165) is 0 Å². The summed E-state index contributed by atoms with van der Waals surface area (Å²) in [6.07, 6.45) is 0. The normalized spacial score (nSPS) is 13.2. The highest BCUT2D eigenvalue weighted by atomic mass is 19.3. The molecule has 3 nitrogen and oxygen atoms in total. The Morgan fingerprint density at radius 1 is 1.25 bits per heavy atom. The Bertz CT molecular complexity index is 332. The van der Waals surface area contributed by atoms with E-state index in [1.165, 1.54) is 6.07 Å². The minimum absolute atomic E-state index is 0.0926. The second kappa shape index (κ2) is 5.77. The first-order valence-corrected chi connectivity index (χ1v) is 4.98. The summed E-state index contributed by atoms with van der Waals surface area (Å²) in [5, 5.41) is 1.77. The van der Waals surface area contributed by atoms with Gasteiger partial charge in [0.15, 0.2) is 0 Å². The van der Waals surface area contributed by atoms with E-state index in [2.05, 4.69) is 10.2 Å². The van der Waals surface area contributed by atoms with Crippen molar-refractivity contribution in [2.24, 2.45) is 0 Å². The van der Waals surface area contributed by atoms with Crippen LogP contribution in [0.3, 0.4) is 0 Å². The Morgan fingerprint density at radius 3 is 2.44 bits per heavy atom. The molecule has 1 N–H and O–H groups in total. The fourth-order valence-electron chi connectivity index (χ4n) is 1.50. The van der Waals surface area contributed by atoms with Gasteiger partial charge in [0.05, 0.1) is 0 Å². The minimum atomic E-state index is -2.80. The number of hydrogen-bond acceptors (Lipinski definition) is 3. The highest BCUT2D eigenvalue weighted by Gasteiger charge is 2.14. The number of hydrogen-bond donors (Lipinski definition) is 1. The number of nitrogens with zero attached hydrogens (tertiary/aromatic N) is 1. The molecule has 0 aromatic heterocycles. The largest absolute Gasteiger partial charge is 0.434 e. The van der Waals surface area contributed by atoms with E-state index in [1.807, 2.05) is 21.0 Å². The fraction of sp³-hybridized carbons (Fsp3) is 0.455. The molecule has 1 unspecified atom stereocenters. The van der Waals surface area contributed by atoms with Crippen LogP contribution in [-0.4, -0.2) is 25.7 Å². The number of ether oxygens (including phenoxy) is 1. The number of rotatable bonds is 5. The van der Waals surface area contributed by atoms with Crippen LogP contribution in [0, 0.1) is 0 Å². The zero-order chi connectivity index (χ0) is 12.1. The molecule has 90 valence electrons. The van der Waals surface area contributed by atoms with E-state index in [1.54, 1.807) is 23.2 Å². The maximum absolute atomic E-state index is 12.2. The molecule has 0 fully saturated rings. The Hall–Kier alpha value is -1.20. The van der Waals surface area contributed by atoms with Crippen molar-refractivity contribution >= 4 is 0 Å². The molecule has 0 bridgehead atoms. The second-order valence-corrected chi connectivity index (χ2v) is 3.66. The third-order valence-electron chi connectivity index (χ3n) is 2.05. The van der Waals surface area contributed by atoms with Gasteiger partial charge in [-0.3, -0.25) is 5.01 Å². The van der Waals surface area contributed by atoms with Gasteiger partial charge >= 0.3 is 6.61 Å². The van der Waals surface area contributed by atoms with Crippen molar-refractivity contribution in [3.63, 3.8) is 0 Å². The topological polar surface area (TPSA) is 24.5 Å². The summed E-state index contributed by atoms with van der Waals surface area (Å²) in [5.41, 5.74) is 3.79. The van der Waals surface area contributed by atoms with Crippen LogP contribution < -0.4 is 10.2 Å². The maximum atomic E-state index is 12.2. The zero-order valence-corrected chi connectivity index (χ0v) is 9.58. The van der Waals surface area contributed by atoms with Crippen molar-refractivity contribution in [3.05, 3.63) is 29.8 Å². The van der Waals surface area contributed by atoms with Crippen LogP contribution in [0.25, 0.3) is 0 Å². The highest BCUT2D eigenvalue weighted by molar-refractivity contribution is 5.35. The average molecular weight is 230 g/mol. The number of alkyl halides is 2. The first-order chi connectivity index (χ1) is 7.50. The molecule has 0 aliphatic heterocycles. The first-order valence-electron chi connectivity index (χ1n) is 4.98. The number of hydrazine groups is 1. The first kappa shape index (κ1) is 12.9. The van der Waals surface area contributed by atoms with Gasteiger partial charge in [-0.1, -0.05) is 18.2 Å². The zero-order valence-electron chi connectivity index (χ0n) is 9.58. The van der Waals surface area contributed by atoms with Gasteiger partial charge in [-0.05, 0) is 13.0 Å². The molecule has 1 atom stereocenters. The van der Waals surface area contributed by atoms with Gasteiger partial charge in [0.25, 0.3) is 0 Å². The summed E-state index contributed by atoms with van der Waals surface area (Å²) in [7, 11) is 3.68. The lowest BCUT2D eigenvalue weighted by atomic mass is 10.1. The van der Waals surface area contributed by atoms with Crippen molar-refractivity contribution < 1.29 is 13.5 Å². The van der Waals surface area contributed by atoms with E-state index in [4.69, 9.17) is 0 Å². The fourth-order valence-corrected chi connectivity index (χ4v) is 1.50. The summed E-state index contributed by atoms with van der Waals surface area (Å²) >= 11 is 0. The summed E-state index contributed by atoms with van der Waals surface area (Å²) in [6, 6.07) is 6.67. The predicted molar refractivity (Wildman–Crippen MR) is 58.3 cm³/mol. The van der Waals surface area contributed by atoms with Crippen molar-refractivity contribution in [2.75, 3.05) is 14.1 Å². The van der Waals surface area contributed by atoms with E-state index >= 15 is 0 Å². The molecule has 16 heavy (non-hydrogen) atoms. The predicted octanol–water partition coefficient (Wildman–Crippen LogP) is 2.42. The van der Waals surface area contributed by atoms with Gasteiger partial charge in [0.1, 0.15) is 5.75 Å². The summed E-state index contributed by atoms with van der Waals surface area (Å²) in [6.45, 7) is -0.916. The van der Waals surface area contributed by atoms with Crippen molar-refractivity contribution in [3.8, 4) is 5.75 Å². The van der Waals surface area contributed by atoms with Crippen molar-refractivity contribution in [1.82, 2.24) is 10.4 Å². The SMILES string of the molecule is CC(NN(C)C)c1ccccc1OC(F)F. The van der Waals surface area contributed by atoms with Crippen LogP contribution >= 0.6 is 0 Å². The van der Waals surface area contributed by atoms with Crippen LogP contribution in [0.1, 0.15) is 18.5 Å². The monoisotopic (exact) mass is 230 g/mol. The van der Waals surface area contributed by atoms with E-state index in [-0.39, 0.29) is 11.8 Å². The number of benzene rings is 1. The quantitative estimate of drug-likeness (QED) is 0.786. The summed E-state index contributed by atoms with van der Waals surface area (Å²) < 4.78 is 28.8. The summed E-state index contributed by atoms with van der Waals surface area (Å²) in [5.74, 6) is 0.208.